The average molecular weight is 341 g/mol. The second kappa shape index (κ2) is 7.01. The van der Waals surface area contributed by atoms with E-state index in [0.717, 1.165) is 27.1 Å². The maximum absolute atomic E-state index is 6.36. The summed E-state index contributed by atoms with van der Waals surface area (Å²) in [7, 11) is 0. The molecule has 5 heteroatoms. The second-order valence-corrected chi connectivity index (χ2v) is 7.63. The van der Waals surface area contributed by atoms with Gasteiger partial charge in [-0.2, -0.15) is 0 Å². The highest BCUT2D eigenvalue weighted by Gasteiger charge is 2.11. The van der Waals surface area contributed by atoms with Gasteiger partial charge in [-0.15, -0.1) is 0 Å². The van der Waals surface area contributed by atoms with E-state index in [1.54, 1.807) is 6.20 Å². The van der Waals surface area contributed by atoms with Gasteiger partial charge < -0.3 is 5.32 Å². The van der Waals surface area contributed by atoms with Gasteiger partial charge in [0.05, 0.1) is 5.02 Å². The molecule has 1 N–H and O–H groups in total. The van der Waals surface area contributed by atoms with Gasteiger partial charge in [0.15, 0.2) is 0 Å². The minimum Gasteiger partial charge on any atom is -0.308 e. The Hall–Kier alpha value is -0.740. The molecule has 0 fully saturated rings. The molecule has 0 unspecified atom stereocenters. The topological polar surface area (TPSA) is 24.9 Å². The largest absolute Gasteiger partial charge is 0.308 e. The van der Waals surface area contributed by atoms with E-state index in [4.69, 9.17) is 23.2 Å². The Kier molecular flexibility index (Phi) is 5.55. The van der Waals surface area contributed by atoms with Crippen LogP contribution >= 0.6 is 35.0 Å². The third kappa shape index (κ3) is 5.19. The van der Waals surface area contributed by atoms with Crippen LogP contribution in [0.2, 0.25) is 10.0 Å². The summed E-state index contributed by atoms with van der Waals surface area (Å²) in [5.41, 5.74) is 1.15. The lowest BCUT2D eigenvalue weighted by molar-refractivity contribution is 0.424. The number of pyridine rings is 1. The van der Waals surface area contributed by atoms with Gasteiger partial charge in [-0.1, -0.05) is 41.0 Å². The van der Waals surface area contributed by atoms with E-state index in [0.29, 0.717) is 5.02 Å². The molecule has 0 atom stereocenters. The zero-order valence-electron chi connectivity index (χ0n) is 12.3. The van der Waals surface area contributed by atoms with Crippen molar-refractivity contribution in [3.63, 3.8) is 0 Å². The molecule has 1 aromatic heterocycles. The Bertz CT molecular complexity index is 624. The lowest BCUT2D eigenvalue weighted by atomic mass is 10.1. The summed E-state index contributed by atoms with van der Waals surface area (Å²) in [6, 6.07) is 9.69. The molecule has 2 rings (SSSR count). The van der Waals surface area contributed by atoms with Gasteiger partial charge in [-0.25, -0.2) is 4.98 Å². The van der Waals surface area contributed by atoms with Crippen LogP contribution in [0.4, 0.5) is 0 Å². The van der Waals surface area contributed by atoms with Crippen LogP contribution in [0.15, 0.2) is 46.5 Å². The molecule has 21 heavy (non-hydrogen) atoms. The molecule has 2 aromatic rings. The quantitative estimate of drug-likeness (QED) is 0.803. The molecular formula is C16H18Cl2N2S. The van der Waals surface area contributed by atoms with Gasteiger partial charge in [0.25, 0.3) is 0 Å². The molecule has 0 saturated carbocycles. The molecule has 0 saturated heterocycles. The van der Waals surface area contributed by atoms with Gasteiger partial charge in [0, 0.05) is 28.2 Å². The van der Waals surface area contributed by atoms with E-state index in [-0.39, 0.29) is 5.54 Å². The van der Waals surface area contributed by atoms with Crippen molar-refractivity contribution in [2.24, 2.45) is 0 Å². The summed E-state index contributed by atoms with van der Waals surface area (Å²) in [6.07, 6.45) is 1.73. The molecular weight excluding hydrogens is 323 g/mol. The summed E-state index contributed by atoms with van der Waals surface area (Å²) in [4.78, 5) is 5.30. The van der Waals surface area contributed by atoms with Crippen LogP contribution in [0.5, 0.6) is 0 Å². The number of rotatable bonds is 4. The Morgan fingerprint density at radius 3 is 2.52 bits per heavy atom. The first kappa shape index (κ1) is 16.6. The monoisotopic (exact) mass is 340 g/mol. The Morgan fingerprint density at radius 2 is 1.90 bits per heavy atom. The number of benzene rings is 1. The van der Waals surface area contributed by atoms with Crippen molar-refractivity contribution < 1.29 is 0 Å². The molecule has 1 heterocycles. The van der Waals surface area contributed by atoms with Crippen molar-refractivity contribution in [1.29, 1.82) is 0 Å². The first-order chi connectivity index (χ1) is 9.85. The van der Waals surface area contributed by atoms with E-state index >= 15 is 0 Å². The van der Waals surface area contributed by atoms with Crippen molar-refractivity contribution in [1.82, 2.24) is 10.3 Å². The molecule has 0 spiro atoms. The summed E-state index contributed by atoms with van der Waals surface area (Å²) in [5.74, 6) is 0. The van der Waals surface area contributed by atoms with Gasteiger partial charge in [-0.05, 0) is 50.6 Å². The second-order valence-electron chi connectivity index (χ2n) is 5.75. The van der Waals surface area contributed by atoms with Crippen LogP contribution in [0.3, 0.4) is 0 Å². The maximum Gasteiger partial charge on any atom is 0.119 e. The third-order valence-corrected chi connectivity index (χ3v) is 4.55. The normalized spacial score (nSPS) is 11.7. The van der Waals surface area contributed by atoms with E-state index in [9.17, 15) is 0 Å². The fourth-order valence-corrected chi connectivity index (χ4v) is 3.02. The Balaban J connectivity index is 2.10. The first-order valence-electron chi connectivity index (χ1n) is 6.67. The predicted molar refractivity (Wildman–Crippen MR) is 91.4 cm³/mol. The van der Waals surface area contributed by atoms with Crippen molar-refractivity contribution in [3.05, 3.63) is 52.1 Å². The Labute approximate surface area is 140 Å². The fourth-order valence-electron chi connectivity index (χ4n) is 1.65. The van der Waals surface area contributed by atoms with Crippen molar-refractivity contribution >= 4 is 35.0 Å². The fraction of sp³-hybridized carbons (Fsp3) is 0.312. The van der Waals surface area contributed by atoms with Crippen molar-refractivity contribution in [2.45, 2.75) is 42.8 Å². The van der Waals surface area contributed by atoms with E-state index in [2.05, 4.69) is 31.1 Å². The lowest BCUT2D eigenvalue weighted by Gasteiger charge is -2.21. The number of halogens is 2. The lowest BCUT2D eigenvalue weighted by Crippen LogP contribution is -2.35. The molecule has 0 aliphatic carbocycles. The number of aromatic nitrogens is 1. The van der Waals surface area contributed by atoms with Gasteiger partial charge in [0.2, 0.25) is 0 Å². The zero-order valence-corrected chi connectivity index (χ0v) is 14.6. The van der Waals surface area contributed by atoms with Crippen LogP contribution in [-0.4, -0.2) is 10.5 Å². The highest BCUT2D eigenvalue weighted by Crippen LogP contribution is 2.33. The summed E-state index contributed by atoms with van der Waals surface area (Å²) in [5, 5.41) is 5.62. The van der Waals surface area contributed by atoms with Crippen LogP contribution in [0, 0.1) is 0 Å². The van der Waals surface area contributed by atoms with Gasteiger partial charge >= 0.3 is 0 Å². The molecule has 0 amide bonds. The molecule has 2 nitrogen and oxygen atoms in total. The van der Waals surface area contributed by atoms with Crippen LogP contribution in [-0.2, 0) is 6.54 Å². The molecule has 1 aromatic carbocycles. The molecule has 0 radical (unpaired) electrons. The van der Waals surface area contributed by atoms with Crippen LogP contribution in [0.25, 0.3) is 0 Å². The number of hydrogen-bond donors (Lipinski definition) is 1. The minimum absolute atomic E-state index is 0.0677. The van der Waals surface area contributed by atoms with Crippen molar-refractivity contribution in [3.8, 4) is 0 Å². The maximum atomic E-state index is 6.36. The van der Waals surface area contributed by atoms with E-state index < -0.39 is 0 Å². The van der Waals surface area contributed by atoms with Gasteiger partial charge in [0.1, 0.15) is 5.03 Å². The van der Waals surface area contributed by atoms with E-state index in [1.165, 1.54) is 11.8 Å². The summed E-state index contributed by atoms with van der Waals surface area (Å²) < 4.78 is 0. The Morgan fingerprint density at radius 1 is 1.14 bits per heavy atom. The zero-order chi connectivity index (χ0) is 15.5. The standard InChI is InChI=1S/C16H18Cl2N2S/c1-16(2,3)20-10-11-6-7-12(9-14(11)18)21-15-13(17)5-4-8-19-15/h4-9,20H,10H2,1-3H3. The van der Waals surface area contributed by atoms with Gasteiger partial charge in [-0.3, -0.25) is 0 Å². The van der Waals surface area contributed by atoms with E-state index in [1.807, 2.05) is 30.3 Å². The predicted octanol–water partition coefficient (Wildman–Crippen LogP) is 5.43. The summed E-state index contributed by atoms with van der Waals surface area (Å²) >= 11 is 14.0. The smallest absolute Gasteiger partial charge is 0.119 e. The number of hydrogen-bond acceptors (Lipinski definition) is 3. The van der Waals surface area contributed by atoms with Crippen LogP contribution < -0.4 is 5.32 Å². The van der Waals surface area contributed by atoms with Crippen LogP contribution in [0.1, 0.15) is 26.3 Å². The molecule has 0 bridgehead atoms. The summed E-state index contributed by atoms with van der Waals surface area (Å²) in [6.45, 7) is 7.15. The average Bonchev–Trinajstić information content (AvgIpc) is 2.39. The molecule has 0 aliphatic rings. The number of nitrogens with zero attached hydrogens (tertiary/aromatic N) is 1. The minimum atomic E-state index is 0.0677. The highest BCUT2D eigenvalue weighted by molar-refractivity contribution is 7.99. The number of nitrogens with one attached hydrogen (secondary N) is 1. The highest BCUT2D eigenvalue weighted by atomic mass is 35.5. The third-order valence-electron chi connectivity index (χ3n) is 2.77. The molecule has 112 valence electrons. The SMILES string of the molecule is CC(C)(C)NCc1ccc(Sc2ncccc2Cl)cc1Cl. The van der Waals surface area contributed by atoms with Crippen molar-refractivity contribution in [2.75, 3.05) is 0 Å². The molecule has 0 aliphatic heterocycles. The first-order valence-corrected chi connectivity index (χ1v) is 8.24.